The highest BCUT2D eigenvalue weighted by atomic mass is 16.5. The number of carbonyl (C=O) groups excluding carboxylic acids is 2. The zero-order valence-corrected chi connectivity index (χ0v) is 12.6. The van der Waals surface area contributed by atoms with Crippen LogP contribution in [0.2, 0.25) is 0 Å². The van der Waals surface area contributed by atoms with Crippen molar-refractivity contribution < 1.29 is 14.3 Å². The first-order chi connectivity index (χ1) is 9.49. The molecule has 114 valence electrons. The summed E-state index contributed by atoms with van der Waals surface area (Å²) < 4.78 is 4.60. The van der Waals surface area contributed by atoms with Gasteiger partial charge in [0.2, 0.25) is 5.91 Å². The summed E-state index contributed by atoms with van der Waals surface area (Å²) in [6.45, 7) is 7.19. The highest BCUT2D eigenvalue weighted by Crippen LogP contribution is 2.37. The maximum atomic E-state index is 12.9. The third kappa shape index (κ3) is 2.75. The van der Waals surface area contributed by atoms with E-state index in [1.54, 1.807) is 0 Å². The van der Waals surface area contributed by atoms with Gasteiger partial charge in [-0.05, 0) is 25.3 Å². The Balaban J connectivity index is 1.98. The number of nitrogens with one attached hydrogen (secondary N) is 2. The van der Waals surface area contributed by atoms with E-state index in [0.29, 0.717) is 19.0 Å². The number of likely N-dealkylation sites (tertiary alicyclic amines) is 1. The summed E-state index contributed by atoms with van der Waals surface area (Å²) in [4.78, 5) is 26.0. The highest BCUT2D eigenvalue weighted by Gasteiger charge is 2.47. The summed E-state index contributed by atoms with van der Waals surface area (Å²) >= 11 is 0. The van der Waals surface area contributed by atoms with Gasteiger partial charge < -0.3 is 20.3 Å². The lowest BCUT2D eigenvalue weighted by atomic mass is 9.75. The average Bonchev–Trinajstić information content (AvgIpc) is 3.07. The van der Waals surface area contributed by atoms with Gasteiger partial charge in [-0.15, -0.1) is 0 Å². The maximum absolute atomic E-state index is 12.9. The molecule has 6 heteroatoms. The van der Waals surface area contributed by atoms with E-state index in [-0.39, 0.29) is 17.4 Å². The van der Waals surface area contributed by atoms with Crippen LogP contribution in [-0.4, -0.2) is 56.2 Å². The zero-order valence-electron chi connectivity index (χ0n) is 12.6. The van der Waals surface area contributed by atoms with Crippen LogP contribution in [0.4, 0.5) is 4.79 Å². The van der Waals surface area contributed by atoms with Gasteiger partial charge >= 0.3 is 6.09 Å². The molecule has 0 spiro atoms. The van der Waals surface area contributed by atoms with Crippen molar-refractivity contribution in [2.75, 3.05) is 33.3 Å². The summed E-state index contributed by atoms with van der Waals surface area (Å²) in [6.07, 6.45) is 1.27. The van der Waals surface area contributed by atoms with Crippen molar-refractivity contribution in [2.24, 2.45) is 11.3 Å². The van der Waals surface area contributed by atoms with Crippen LogP contribution in [0.25, 0.3) is 0 Å². The van der Waals surface area contributed by atoms with Gasteiger partial charge in [-0.3, -0.25) is 4.79 Å². The Bertz CT molecular complexity index is 378. The summed E-state index contributed by atoms with van der Waals surface area (Å²) in [6, 6.07) is 0.00461. The Morgan fingerprint density at radius 3 is 2.75 bits per heavy atom. The quantitative estimate of drug-likeness (QED) is 0.795. The molecule has 20 heavy (non-hydrogen) atoms. The van der Waals surface area contributed by atoms with Gasteiger partial charge in [0.15, 0.2) is 0 Å². The normalized spacial score (nSPS) is 29.8. The Hall–Kier alpha value is -1.30. The van der Waals surface area contributed by atoms with Gasteiger partial charge in [-0.1, -0.05) is 13.8 Å². The molecular weight excluding hydrogens is 258 g/mol. The molecule has 2 atom stereocenters. The minimum Gasteiger partial charge on any atom is -0.453 e. The molecule has 0 aromatic rings. The third-order valence-corrected chi connectivity index (χ3v) is 4.70. The number of amides is 2. The molecule has 0 bridgehead atoms. The third-order valence-electron chi connectivity index (χ3n) is 4.70. The topological polar surface area (TPSA) is 70.7 Å². The molecule has 2 aliphatic heterocycles. The van der Waals surface area contributed by atoms with E-state index in [2.05, 4.69) is 29.2 Å². The molecule has 2 amide bonds. The van der Waals surface area contributed by atoms with Gasteiger partial charge in [-0.2, -0.15) is 0 Å². The minimum atomic E-state index is -0.426. The molecule has 2 fully saturated rings. The van der Waals surface area contributed by atoms with Crippen molar-refractivity contribution in [3.63, 3.8) is 0 Å². The smallest absolute Gasteiger partial charge is 0.407 e. The van der Waals surface area contributed by atoms with Crippen LogP contribution in [0.5, 0.6) is 0 Å². The number of alkyl carbamates (subject to hydrolysis) is 1. The van der Waals surface area contributed by atoms with Gasteiger partial charge in [0.1, 0.15) is 0 Å². The van der Waals surface area contributed by atoms with E-state index >= 15 is 0 Å². The number of methoxy groups -OCH3 is 1. The molecule has 2 saturated heterocycles. The number of nitrogens with zero attached hydrogens (tertiary/aromatic N) is 1. The predicted molar refractivity (Wildman–Crippen MR) is 75.3 cm³/mol. The second-order valence-corrected chi connectivity index (χ2v) is 6.11. The van der Waals surface area contributed by atoms with Crippen LogP contribution in [0.3, 0.4) is 0 Å². The fourth-order valence-corrected chi connectivity index (χ4v) is 3.24. The van der Waals surface area contributed by atoms with Crippen molar-refractivity contribution in [3.05, 3.63) is 0 Å². The molecule has 0 aromatic heterocycles. The average molecular weight is 283 g/mol. The van der Waals surface area contributed by atoms with Crippen LogP contribution < -0.4 is 10.6 Å². The number of rotatable bonds is 3. The lowest BCUT2D eigenvalue weighted by molar-refractivity contribution is -0.142. The van der Waals surface area contributed by atoms with E-state index in [9.17, 15) is 9.59 Å². The minimum absolute atomic E-state index is 0.00461. The molecule has 0 aromatic carbocycles. The van der Waals surface area contributed by atoms with Crippen molar-refractivity contribution in [1.29, 1.82) is 0 Å². The summed E-state index contributed by atoms with van der Waals surface area (Å²) in [7, 11) is 1.35. The predicted octanol–water partition coefficient (Wildman–Crippen LogP) is 0.579. The number of hydrogen-bond donors (Lipinski definition) is 2. The first-order valence-corrected chi connectivity index (χ1v) is 7.34. The van der Waals surface area contributed by atoms with Crippen molar-refractivity contribution in [2.45, 2.75) is 32.7 Å². The summed E-state index contributed by atoms with van der Waals surface area (Å²) in [5.41, 5.74) is -0.278. The highest BCUT2D eigenvalue weighted by molar-refractivity contribution is 5.84. The van der Waals surface area contributed by atoms with E-state index < -0.39 is 6.09 Å². The van der Waals surface area contributed by atoms with E-state index in [1.165, 1.54) is 7.11 Å². The number of ether oxygens (including phenoxy) is 1. The van der Waals surface area contributed by atoms with Crippen molar-refractivity contribution in [3.8, 4) is 0 Å². The Labute approximate surface area is 120 Å². The SMILES string of the molecule is COC(=O)NC1CCN(C(=O)C2(C(C)C)CCNC2)C1. The fourth-order valence-electron chi connectivity index (χ4n) is 3.24. The monoisotopic (exact) mass is 283 g/mol. The standard InChI is InChI=1S/C14H25N3O3/c1-10(2)14(5-6-15-9-14)12(18)17-7-4-11(8-17)16-13(19)20-3/h10-11,15H,4-9H2,1-3H3,(H,16,19). The molecule has 0 saturated carbocycles. The fraction of sp³-hybridized carbons (Fsp3) is 0.857. The van der Waals surface area contributed by atoms with Crippen LogP contribution in [0.15, 0.2) is 0 Å². The number of carbonyl (C=O) groups is 2. The zero-order chi connectivity index (χ0) is 14.8. The molecular formula is C14H25N3O3. The van der Waals surface area contributed by atoms with E-state index in [1.807, 2.05) is 4.90 Å². The molecule has 0 aliphatic carbocycles. The molecule has 2 unspecified atom stereocenters. The van der Waals surface area contributed by atoms with E-state index in [4.69, 9.17) is 0 Å². The second-order valence-electron chi connectivity index (χ2n) is 6.11. The van der Waals surface area contributed by atoms with Gasteiger partial charge in [0, 0.05) is 19.6 Å². The molecule has 2 aliphatic rings. The van der Waals surface area contributed by atoms with Crippen LogP contribution in [0.1, 0.15) is 26.7 Å². The molecule has 2 N–H and O–H groups in total. The van der Waals surface area contributed by atoms with Crippen LogP contribution in [0, 0.1) is 11.3 Å². The van der Waals surface area contributed by atoms with Gasteiger partial charge in [0.05, 0.1) is 18.6 Å². The van der Waals surface area contributed by atoms with Crippen LogP contribution in [-0.2, 0) is 9.53 Å². The van der Waals surface area contributed by atoms with Crippen molar-refractivity contribution in [1.82, 2.24) is 15.5 Å². The first kappa shape index (κ1) is 15.1. The Kier molecular flexibility index (Phi) is 4.52. The van der Waals surface area contributed by atoms with Gasteiger partial charge in [0.25, 0.3) is 0 Å². The second kappa shape index (κ2) is 5.99. The molecule has 0 radical (unpaired) electrons. The van der Waals surface area contributed by atoms with Gasteiger partial charge in [-0.25, -0.2) is 4.79 Å². The Morgan fingerprint density at radius 2 is 2.20 bits per heavy atom. The van der Waals surface area contributed by atoms with E-state index in [0.717, 1.165) is 25.9 Å². The largest absolute Gasteiger partial charge is 0.453 e. The van der Waals surface area contributed by atoms with Crippen LogP contribution >= 0.6 is 0 Å². The molecule has 6 nitrogen and oxygen atoms in total. The molecule has 2 heterocycles. The van der Waals surface area contributed by atoms with Crippen molar-refractivity contribution >= 4 is 12.0 Å². The maximum Gasteiger partial charge on any atom is 0.407 e. The lowest BCUT2D eigenvalue weighted by Crippen LogP contribution is -2.48. The first-order valence-electron chi connectivity index (χ1n) is 7.34. The Morgan fingerprint density at radius 1 is 1.45 bits per heavy atom. The molecule has 2 rings (SSSR count). The lowest BCUT2D eigenvalue weighted by Gasteiger charge is -2.35. The summed E-state index contributed by atoms with van der Waals surface area (Å²) in [5.74, 6) is 0.546. The number of hydrogen-bond acceptors (Lipinski definition) is 4. The summed E-state index contributed by atoms with van der Waals surface area (Å²) in [5, 5.41) is 6.09.